The third-order valence-electron chi connectivity index (χ3n) is 3.33. The Morgan fingerprint density at radius 2 is 2.33 bits per heavy atom. The summed E-state index contributed by atoms with van der Waals surface area (Å²) < 4.78 is 5.33. The Bertz CT molecular complexity index is 225. The van der Waals surface area contributed by atoms with E-state index in [4.69, 9.17) is 10.5 Å². The van der Waals surface area contributed by atoms with Crippen molar-refractivity contribution in [3.05, 3.63) is 0 Å². The number of carbonyl (C=O) groups is 1. The molecule has 0 radical (unpaired) electrons. The lowest BCUT2D eigenvalue weighted by atomic mass is 9.88. The number of ether oxygens (including phenoxy) is 1. The van der Waals surface area contributed by atoms with Crippen LogP contribution in [0.25, 0.3) is 0 Å². The Labute approximate surface area is 91.5 Å². The largest absolute Gasteiger partial charge is 0.368 e. The lowest BCUT2D eigenvalue weighted by molar-refractivity contribution is -0.132. The predicted molar refractivity (Wildman–Crippen MR) is 59.4 cm³/mol. The van der Waals surface area contributed by atoms with Gasteiger partial charge in [0.05, 0.1) is 5.54 Å². The van der Waals surface area contributed by atoms with Gasteiger partial charge in [0.2, 0.25) is 5.91 Å². The zero-order valence-electron chi connectivity index (χ0n) is 9.88. The highest BCUT2D eigenvalue weighted by Gasteiger charge is 2.32. The topological polar surface area (TPSA) is 64.3 Å². The van der Waals surface area contributed by atoms with Gasteiger partial charge in [0.15, 0.2) is 0 Å². The van der Waals surface area contributed by atoms with Crippen molar-refractivity contribution >= 4 is 5.91 Å². The molecule has 2 atom stereocenters. The van der Waals surface area contributed by atoms with Crippen molar-refractivity contribution in [2.75, 3.05) is 13.2 Å². The molecule has 0 spiro atoms. The van der Waals surface area contributed by atoms with Crippen molar-refractivity contribution in [1.82, 2.24) is 5.32 Å². The zero-order chi connectivity index (χ0) is 11.5. The number of hydrogen-bond donors (Lipinski definition) is 2. The summed E-state index contributed by atoms with van der Waals surface area (Å²) in [7, 11) is 0. The summed E-state index contributed by atoms with van der Waals surface area (Å²) in [5, 5.41) is 3.00. The maximum Gasteiger partial charge on any atom is 0.249 e. The van der Waals surface area contributed by atoms with E-state index in [1.165, 1.54) is 0 Å². The quantitative estimate of drug-likeness (QED) is 0.722. The molecule has 88 valence electrons. The van der Waals surface area contributed by atoms with E-state index in [2.05, 4.69) is 19.2 Å². The fourth-order valence-electron chi connectivity index (χ4n) is 1.58. The van der Waals surface area contributed by atoms with E-state index < -0.39 is 0 Å². The minimum absolute atomic E-state index is 0.0193. The number of rotatable bonds is 4. The summed E-state index contributed by atoms with van der Waals surface area (Å²) in [5.41, 5.74) is 5.37. The maximum absolute atomic E-state index is 11.8. The monoisotopic (exact) mass is 214 g/mol. The van der Waals surface area contributed by atoms with Crippen molar-refractivity contribution < 1.29 is 9.53 Å². The fourth-order valence-corrected chi connectivity index (χ4v) is 1.58. The van der Waals surface area contributed by atoms with Crippen LogP contribution in [0.1, 0.15) is 33.6 Å². The fraction of sp³-hybridized carbons (Fsp3) is 0.909. The minimum atomic E-state index is -0.330. The molecule has 1 aliphatic heterocycles. The molecule has 1 unspecified atom stereocenters. The second-order valence-corrected chi connectivity index (χ2v) is 4.77. The first-order valence-electron chi connectivity index (χ1n) is 5.63. The van der Waals surface area contributed by atoms with E-state index in [-0.39, 0.29) is 17.6 Å². The molecule has 3 N–H and O–H groups in total. The first-order valence-corrected chi connectivity index (χ1v) is 5.63. The molecule has 1 amide bonds. The molecule has 1 rings (SSSR count). The molecule has 4 nitrogen and oxygen atoms in total. The maximum atomic E-state index is 11.8. The average molecular weight is 214 g/mol. The van der Waals surface area contributed by atoms with Gasteiger partial charge in [0.25, 0.3) is 0 Å². The molecule has 1 aliphatic rings. The molecule has 1 heterocycles. The molecule has 1 saturated heterocycles. The van der Waals surface area contributed by atoms with Gasteiger partial charge in [-0.25, -0.2) is 0 Å². The van der Waals surface area contributed by atoms with Gasteiger partial charge in [-0.15, -0.1) is 0 Å². The number of nitrogens with two attached hydrogens (primary N) is 1. The van der Waals surface area contributed by atoms with Gasteiger partial charge in [0.1, 0.15) is 6.10 Å². The number of amides is 1. The lowest BCUT2D eigenvalue weighted by Crippen LogP contribution is -2.57. The Kier molecular flexibility index (Phi) is 4.11. The third-order valence-corrected chi connectivity index (χ3v) is 3.33. The van der Waals surface area contributed by atoms with Crippen molar-refractivity contribution in [2.24, 2.45) is 11.7 Å². The molecule has 0 aromatic heterocycles. The van der Waals surface area contributed by atoms with Crippen molar-refractivity contribution in [3.8, 4) is 0 Å². The van der Waals surface area contributed by atoms with Gasteiger partial charge in [-0.3, -0.25) is 4.79 Å². The van der Waals surface area contributed by atoms with Gasteiger partial charge >= 0.3 is 0 Å². The second-order valence-electron chi connectivity index (χ2n) is 4.77. The Balaban J connectivity index is 2.54. The van der Waals surface area contributed by atoms with E-state index in [1.54, 1.807) is 0 Å². The van der Waals surface area contributed by atoms with Crippen molar-refractivity contribution in [1.29, 1.82) is 0 Å². The van der Waals surface area contributed by atoms with Gasteiger partial charge in [-0.2, -0.15) is 0 Å². The van der Waals surface area contributed by atoms with Crippen LogP contribution in [0.4, 0.5) is 0 Å². The van der Waals surface area contributed by atoms with E-state index in [0.29, 0.717) is 19.1 Å². The standard InChI is InChI=1S/C11H22N2O2/c1-8(2)11(3,7-12)13-10(14)9-5-4-6-15-9/h8-9H,4-7,12H2,1-3H3,(H,13,14)/t9-,11?/m0/s1. The molecular formula is C11H22N2O2. The number of carbonyl (C=O) groups excluding carboxylic acids is 1. The molecular weight excluding hydrogens is 192 g/mol. The summed E-state index contributed by atoms with van der Waals surface area (Å²) in [5.74, 6) is 0.294. The Morgan fingerprint density at radius 3 is 2.73 bits per heavy atom. The zero-order valence-corrected chi connectivity index (χ0v) is 9.88. The predicted octanol–water partition coefficient (Wildman–Crippen LogP) is 0.655. The van der Waals surface area contributed by atoms with Crippen LogP contribution >= 0.6 is 0 Å². The van der Waals surface area contributed by atoms with Crippen LogP contribution < -0.4 is 11.1 Å². The van der Waals surface area contributed by atoms with E-state index in [9.17, 15) is 4.79 Å². The summed E-state index contributed by atoms with van der Waals surface area (Å²) in [6.07, 6.45) is 1.53. The smallest absolute Gasteiger partial charge is 0.249 e. The Hall–Kier alpha value is -0.610. The molecule has 0 bridgehead atoms. The third kappa shape index (κ3) is 2.92. The molecule has 15 heavy (non-hydrogen) atoms. The summed E-state index contributed by atoms with van der Waals surface area (Å²) in [6, 6.07) is 0. The number of nitrogens with one attached hydrogen (secondary N) is 1. The molecule has 1 fully saturated rings. The first-order chi connectivity index (χ1) is 6.99. The SMILES string of the molecule is CC(C)C(C)(CN)NC(=O)[C@@H]1CCCO1. The molecule has 0 aromatic rings. The number of hydrogen-bond acceptors (Lipinski definition) is 3. The average Bonchev–Trinajstić information content (AvgIpc) is 2.70. The van der Waals surface area contributed by atoms with Crippen molar-refractivity contribution in [3.63, 3.8) is 0 Å². The van der Waals surface area contributed by atoms with E-state index in [1.807, 2.05) is 6.92 Å². The van der Waals surface area contributed by atoms with Gasteiger partial charge in [-0.05, 0) is 25.7 Å². The highest BCUT2D eigenvalue weighted by Crippen LogP contribution is 2.18. The summed E-state index contributed by atoms with van der Waals surface area (Å²) >= 11 is 0. The van der Waals surface area contributed by atoms with Crippen LogP contribution in [0.15, 0.2) is 0 Å². The molecule has 0 aromatic carbocycles. The minimum Gasteiger partial charge on any atom is -0.368 e. The molecule has 4 heteroatoms. The van der Waals surface area contributed by atoms with Gasteiger partial charge in [0, 0.05) is 13.2 Å². The van der Waals surface area contributed by atoms with Crippen LogP contribution in [-0.4, -0.2) is 30.7 Å². The van der Waals surface area contributed by atoms with Gasteiger partial charge < -0.3 is 15.8 Å². The summed E-state index contributed by atoms with van der Waals surface area (Å²) in [4.78, 5) is 11.8. The van der Waals surface area contributed by atoms with Crippen molar-refractivity contribution in [2.45, 2.75) is 45.3 Å². The van der Waals surface area contributed by atoms with Gasteiger partial charge in [-0.1, -0.05) is 13.8 Å². The Morgan fingerprint density at radius 1 is 1.67 bits per heavy atom. The molecule has 0 aliphatic carbocycles. The first kappa shape index (κ1) is 12.5. The van der Waals surface area contributed by atoms with Crippen LogP contribution in [0.2, 0.25) is 0 Å². The molecule has 0 saturated carbocycles. The summed E-state index contributed by atoms with van der Waals surface area (Å²) in [6.45, 7) is 7.23. The van der Waals surface area contributed by atoms with Crippen LogP contribution in [-0.2, 0) is 9.53 Å². The van der Waals surface area contributed by atoms with Crippen LogP contribution in [0.3, 0.4) is 0 Å². The van der Waals surface area contributed by atoms with Crippen LogP contribution in [0.5, 0.6) is 0 Å². The van der Waals surface area contributed by atoms with E-state index in [0.717, 1.165) is 12.8 Å². The van der Waals surface area contributed by atoms with Crippen LogP contribution in [0, 0.1) is 5.92 Å². The second kappa shape index (κ2) is 4.94. The van der Waals surface area contributed by atoms with E-state index >= 15 is 0 Å². The lowest BCUT2D eigenvalue weighted by Gasteiger charge is -2.34. The highest BCUT2D eigenvalue weighted by molar-refractivity contribution is 5.81. The highest BCUT2D eigenvalue weighted by atomic mass is 16.5. The normalized spacial score (nSPS) is 25.3.